The van der Waals surface area contributed by atoms with Crippen molar-refractivity contribution in [3.63, 3.8) is 0 Å². The summed E-state index contributed by atoms with van der Waals surface area (Å²) in [6, 6.07) is 3.76. The molecule has 0 bridgehead atoms. The molecule has 1 saturated heterocycles. The molecule has 1 N–H and O–H groups in total. The van der Waals surface area contributed by atoms with Gasteiger partial charge in [0.05, 0.1) is 5.60 Å². The van der Waals surface area contributed by atoms with Crippen molar-refractivity contribution in [2.75, 3.05) is 18.0 Å². The maximum atomic E-state index is 11.3. The van der Waals surface area contributed by atoms with Gasteiger partial charge in [-0.1, -0.05) is 12.8 Å². The van der Waals surface area contributed by atoms with E-state index < -0.39 is 5.60 Å². The minimum atomic E-state index is -0.450. The monoisotopic (exact) mass is 274 g/mol. The third kappa shape index (κ3) is 2.44. The molecule has 2 fully saturated rings. The second-order valence-corrected chi connectivity index (χ2v) is 6.20. The van der Waals surface area contributed by atoms with Gasteiger partial charge < -0.3 is 10.0 Å². The highest BCUT2D eigenvalue weighted by molar-refractivity contribution is 5.93. The Hall–Kier alpha value is -1.42. The number of anilines is 1. The number of aromatic nitrogens is 1. The van der Waals surface area contributed by atoms with Gasteiger partial charge in [-0.25, -0.2) is 4.98 Å². The topological polar surface area (TPSA) is 53.4 Å². The third-order valence-corrected chi connectivity index (χ3v) is 4.91. The summed E-state index contributed by atoms with van der Waals surface area (Å²) in [5.74, 6) is 1.33. The van der Waals surface area contributed by atoms with Crippen LogP contribution in [0.4, 0.5) is 5.82 Å². The first kappa shape index (κ1) is 13.6. The van der Waals surface area contributed by atoms with E-state index in [1.54, 1.807) is 13.1 Å². The average molecular weight is 274 g/mol. The van der Waals surface area contributed by atoms with Crippen LogP contribution >= 0.6 is 0 Å². The molecule has 20 heavy (non-hydrogen) atoms. The van der Waals surface area contributed by atoms with Crippen molar-refractivity contribution in [3.8, 4) is 0 Å². The van der Waals surface area contributed by atoms with Crippen LogP contribution in [0, 0.1) is 5.92 Å². The van der Waals surface area contributed by atoms with Crippen LogP contribution in [-0.2, 0) is 0 Å². The Labute approximate surface area is 119 Å². The number of fused-ring (bicyclic) bond motifs is 1. The number of carbonyl (C=O) groups excluding carboxylic acids is 1. The summed E-state index contributed by atoms with van der Waals surface area (Å²) >= 11 is 0. The number of hydrogen-bond acceptors (Lipinski definition) is 4. The van der Waals surface area contributed by atoms with E-state index in [0.29, 0.717) is 11.5 Å². The van der Waals surface area contributed by atoms with Crippen LogP contribution in [0.1, 0.15) is 49.4 Å². The molecule has 3 rings (SSSR count). The molecule has 2 aliphatic rings. The minimum absolute atomic E-state index is 0.0457. The quantitative estimate of drug-likeness (QED) is 0.841. The lowest BCUT2D eigenvalue weighted by Crippen LogP contribution is -2.53. The number of nitrogens with zero attached hydrogens (tertiary/aromatic N) is 2. The zero-order valence-corrected chi connectivity index (χ0v) is 12.0. The SMILES string of the molecule is CC(=O)c1ccc(N2CCC3(O)CCCCC3C2)nc1. The summed E-state index contributed by atoms with van der Waals surface area (Å²) in [5.41, 5.74) is 0.202. The molecule has 4 heteroatoms. The van der Waals surface area contributed by atoms with Crippen LogP contribution < -0.4 is 4.90 Å². The number of rotatable bonds is 2. The zero-order valence-electron chi connectivity index (χ0n) is 12.0. The maximum Gasteiger partial charge on any atom is 0.161 e. The molecule has 0 spiro atoms. The second-order valence-electron chi connectivity index (χ2n) is 6.20. The summed E-state index contributed by atoms with van der Waals surface area (Å²) < 4.78 is 0. The number of ketones is 1. The molecule has 0 aromatic carbocycles. The standard InChI is InChI=1S/C16H22N2O2/c1-12(19)13-5-6-15(17-10-13)18-9-8-16(20)7-3-2-4-14(16)11-18/h5-6,10,14,20H,2-4,7-9,11H2,1H3. The molecular weight excluding hydrogens is 252 g/mol. The Morgan fingerprint density at radius 2 is 2.25 bits per heavy atom. The largest absolute Gasteiger partial charge is 0.389 e. The first-order valence-corrected chi connectivity index (χ1v) is 7.53. The van der Waals surface area contributed by atoms with E-state index in [-0.39, 0.29) is 5.78 Å². The van der Waals surface area contributed by atoms with Gasteiger partial charge in [0.2, 0.25) is 0 Å². The molecule has 0 amide bonds. The number of pyridine rings is 1. The molecule has 2 unspecified atom stereocenters. The summed E-state index contributed by atoms with van der Waals surface area (Å²) in [7, 11) is 0. The smallest absolute Gasteiger partial charge is 0.161 e. The number of carbonyl (C=O) groups is 1. The van der Waals surface area contributed by atoms with E-state index in [4.69, 9.17) is 0 Å². The Bertz CT molecular complexity index is 500. The average Bonchev–Trinajstić information content (AvgIpc) is 2.46. The van der Waals surface area contributed by atoms with Crippen LogP contribution in [0.25, 0.3) is 0 Å². The molecule has 0 radical (unpaired) electrons. The van der Waals surface area contributed by atoms with E-state index in [1.807, 2.05) is 12.1 Å². The van der Waals surface area contributed by atoms with Crippen LogP contribution in [0.2, 0.25) is 0 Å². The van der Waals surface area contributed by atoms with Crippen LogP contribution in [0.15, 0.2) is 18.3 Å². The van der Waals surface area contributed by atoms with Crippen molar-refractivity contribution in [3.05, 3.63) is 23.9 Å². The van der Waals surface area contributed by atoms with E-state index in [0.717, 1.165) is 44.6 Å². The van der Waals surface area contributed by atoms with E-state index >= 15 is 0 Å². The first-order valence-electron chi connectivity index (χ1n) is 7.53. The highest BCUT2D eigenvalue weighted by atomic mass is 16.3. The van der Waals surface area contributed by atoms with Crippen LogP contribution in [0.3, 0.4) is 0 Å². The number of piperidine rings is 1. The number of Topliss-reactive ketones (excluding diaryl/α,β-unsaturated/α-hetero) is 1. The Kier molecular flexibility index (Phi) is 3.50. The Morgan fingerprint density at radius 3 is 2.95 bits per heavy atom. The van der Waals surface area contributed by atoms with Gasteiger partial charge in [-0.15, -0.1) is 0 Å². The normalized spacial score (nSPS) is 29.9. The molecule has 1 aliphatic carbocycles. The molecule has 1 aromatic heterocycles. The maximum absolute atomic E-state index is 11.3. The summed E-state index contributed by atoms with van der Waals surface area (Å²) in [4.78, 5) is 17.9. The van der Waals surface area contributed by atoms with Gasteiger partial charge in [0.15, 0.2) is 5.78 Å². The molecule has 4 nitrogen and oxygen atoms in total. The molecule has 1 aromatic rings. The predicted molar refractivity (Wildman–Crippen MR) is 78.0 cm³/mol. The van der Waals surface area contributed by atoms with Gasteiger partial charge in [-0.2, -0.15) is 0 Å². The van der Waals surface area contributed by atoms with Gasteiger partial charge in [-0.05, 0) is 38.3 Å². The molecular formula is C16H22N2O2. The Balaban J connectivity index is 1.74. The van der Waals surface area contributed by atoms with Crippen molar-refractivity contribution < 1.29 is 9.90 Å². The predicted octanol–water partition coefficient (Wildman–Crippen LogP) is 2.42. The van der Waals surface area contributed by atoms with Crippen LogP contribution in [-0.4, -0.2) is 34.6 Å². The lowest BCUT2D eigenvalue weighted by molar-refractivity contribution is -0.0613. The molecule has 1 saturated carbocycles. The second kappa shape index (κ2) is 5.17. The number of hydrogen-bond donors (Lipinski definition) is 1. The van der Waals surface area contributed by atoms with Gasteiger partial charge in [0, 0.05) is 30.8 Å². The molecule has 2 atom stereocenters. The van der Waals surface area contributed by atoms with Gasteiger partial charge in [-0.3, -0.25) is 4.79 Å². The summed E-state index contributed by atoms with van der Waals surface area (Å²) in [6.07, 6.45) is 6.91. The zero-order chi connectivity index (χ0) is 14.2. The van der Waals surface area contributed by atoms with Gasteiger partial charge >= 0.3 is 0 Å². The van der Waals surface area contributed by atoms with Crippen molar-refractivity contribution in [1.82, 2.24) is 4.98 Å². The fourth-order valence-corrected chi connectivity index (χ4v) is 3.56. The van der Waals surface area contributed by atoms with Crippen molar-refractivity contribution in [2.45, 2.75) is 44.6 Å². The minimum Gasteiger partial charge on any atom is -0.389 e. The lowest BCUT2D eigenvalue weighted by atomic mass is 9.71. The van der Waals surface area contributed by atoms with Crippen molar-refractivity contribution in [1.29, 1.82) is 0 Å². The van der Waals surface area contributed by atoms with E-state index in [1.165, 1.54) is 6.42 Å². The van der Waals surface area contributed by atoms with Crippen LogP contribution in [0.5, 0.6) is 0 Å². The highest BCUT2D eigenvalue weighted by Gasteiger charge is 2.42. The van der Waals surface area contributed by atoms with Gasteiger partial charge in [0.1, 0.15) is 5.82 Å². The van der Waals surface area contributed by atoms with Crippen molar-refractivity contribution in [2.24, 2.45) is 5.92 Å². The fraction of sp³-hybridized carbons (Fsp3) is 0.625. The number of aliphatic hydroxyl groups is 1. The molecule has 2 heterocycles. The van der Waals surface area contributed by atoms with Crippen molar-refractivity contribution >= 4 is 11.6 Å². The molecule has 108 valence electrons. The fourth-order valence-electron chi connectivity index (χ4n) is 3.56. The lowest BCUT2D eigenvalue weighted by Gasteiger charge is -2.47. The first-order chi connectivity index (χ1) is 9.58. The Morgan fingerprint density at radius 1 is 1.40 bits per heavy atom. The molecule has 1 aliphatic heterocycles. The summed E-state index contributed by atoms with van der Waals surface area (Å²) in [6.45, 7) is 3.28. The van der Waals surface area contributed by atoms with E-state index in [9.17, 15) is 9.90 Å². The summed E-state index contributed by atoms with van der Waals surface area (Å²) in [5, 5.41) is 10.7. The third-order valence-electron chi connectivity index (χ3n) is 4.91. The van der Waals surface area contributed by atoms with E-state index in [2.05, 4.69) is 9.88 Å². The van der Waals surface area contributed by atoms with Gasteiger partial charge in [0.25, 0.3) is 0 Å². The highest BCUT2D eigenvalue weighted by Crippen LogP contribution is 2.40.